The predicted molar refractivity (Wildman–Crippen MR) is 82.4 cm³/mol. The van der Waals surface area contributed by atoms with Gasteiger partial charge in [0, 0.05) is 31.7 Å². The van der Waals surface area contributed by atoms with Gasteiger partial charge >= 0.3 is 0 Å². The van der Waals surface area contributed by atoms with Gasteiger partial charge in [-0.2, -0.15) is 0 Å². The van der Waals surface area contributed by atoms with Gasteiger partial charge in [0.2, 0.25) is 0 Å². The fourth-order valence-electron chi connectivity index (χ4n) is 3.06. The smallest absolute Gasteiger partial charge is 0.0237 e. The molecule has 1 aliphatic heterocycles. The zero-order chi connectivity index (χ0) is 13.7. The lowest BCUT2D eigenvalue weighted by Gasteiger charge is -2.40. The summed E-state index contributed by atoms with van der Waals surface area (Å²) in [6.07, 6.45) is 3.80. The van der Waals surface area contributed by atoms with E-state index >= 15 is 0 Å². The fraction of sp³-hybridized carbons (Fsp3) is 0.647. The van der Waals surface area contributed by atoms with Gasteiger partial charge < -0.3 is 5.32 Å². The minimum atomic E-state index is 0.665. The quantitative estimate of drug-likeness (QED) is 0.873. The number of hydrogen-bond donors (Lipinski definition) is 1. The van der Waals surface area contributed by atoms with Crippen LogP contribution >= 0.6 is 0 Å². The second kappa shape index (κ2) is 7.06. The maximum absolute atomic E-state index is 3.69. The van der Waals surface area contributed by atoms with Gasteiger partial charge in [-0.3, -0.25) is 4.90 Å². The molecule has 1 saturated heterocycles. The molecule has 0 spiro atoms. The molecule has 2 nitrogen and oxygen atoms in total. The Balaban J connectivity index is 2.04. The van der Waals surface area contributed by atoms with Crippen LogP contribution in [-0.2, 0) is 6.54 Å². The van der Waals surface area contributed by atoms with E-state index in [9.17, 15) is 0 Å². The first-order chi connectivity index (χ1) is 9.22. The van der Waals surface area contributed by atoms with Crippen molar-refractivity contribution in [2.75, 3.05) is 13.1 Å². The van der Waals surface area contributed by atoms with Crippen molar-refractivity contribution in [3.05, 3.63) is 35.4 Å². The van der Waals surface area contributed by atoms with Crippen LogP contribution in [0.4, 0.5) is 0 Å². The minimum Gasteiger partial charge on any atom is -0.311 e. The van der Waals surface area contributed by atoms with Gasteiger partial charge in [0.25, 0.3) is 0 Å². The van der Waals surface area contributed by atoms with Crippen molar-refractivity contribution in [1.82, 2.24) is 10.2 Å². The molecule has 1 aromatic carbocycles. The van der Waals surface area contributed by atoms with Gasteiger partial charge in [-0.05, 0) is 25.3 Å². The van der Waals surface area contributed by atoms with E-state index in [1.54, 1.807) is 0 Å². The van der Waals surface area contributed by atoms with Crippen LogP contribution in [0.2, 0.25) is 0 Å². The van der Waals surface area contributed by atoms with Crippen LogP contribution in [0.15, 0.2) is 24.3 Å². The first kappa shape index (κ1) is 14.5. The topological polar surface area (TPSA) is 15.3 Å². The van der Waals surface area contributed by atoms with E-state index in [0.717, 1.165) is 13.1 Å². The van der Waals surface area contributed by atoms with Crippen molar-refractivity contribution in [3.8, 4) is 0 Å². The van der Waals surface area contributed by atoms with E-state index in [1.807, 2.05) is 0 Å². The summed E-state index contributed by atoms with van der Waals surface area (Å²) in [5.41, 5.74) is 2.82. The molecule has 106 valence electrons. The predicted octanol–water partition coefficient (Wildman–Crippen LogP) is 3.35. The highest BCUT2D eigenvalue weighted by Gasteiger charge is 2.26. The molecule has 1 aliphatic rings. The summed E-state index contributed by atoms with van der Waals surface area (Å²) >= 11 is 0. The number of piperazine rings is 1. The molecule has 0 aliphatic carbocycles. The molecule has 2 atom stereocenters. The average molecular weight is 260 g/mol. The Hall–Kier alpha value is -0.860. The SMILES string of the molecule is CCCC1CNC(CC)CN1Cc1cccc(C)c1. The van der Waals surface area contributed by atoms with E-state index in [2.05, 4.69) is 55.3 Å². The molecule has 1 aromatic rings. The first-order valence-electron chi connectivity index (χ1n) is 7.76. The Kier molecular flexibility index (Phi) is 5.41. The summed E-state index contributed by atoms with van der Waals surface area (Å²) in [7, 11) is 0. The van der Waals surface area contributed by atoms with Crippen molar-refractivity contribution >= 4 is 0 Å². The molecule has 0 radical (unpaired) electrons. The lowest BCUT2D eigenvalue weighted by atomic mass is 10.0. The van der Waals surface area contributed by atoms with E-state index in [1.165, 1.54) is 36.9 Å². The molecule has 1 heterocycles. The Morgan fingerprint density at radius 3 is 2.84 bits per heavy atom. The van der Waals surface area contributed by atoms with E-state index in [0.29, 0.717) is 12.1 Å². The van der Waals surface area contributed by atoms with Crippen molar-refractivity contribution in [2.45, 2.75) is 58.7 Å². The Bertz CT molecular complexity index is 389. The third-order valence-corrected chi connectivity index (χ3v) is 4.20. The summed E-state index contributed by atoms with van der Waals surface area (Å²) < 4.78 is 0. The monoisotopic (exact) mass is 260 g/mol. The second-order valence-electron chi connectivity index (χ2n) is 5.87. The van der Waals surface area contributed by atoms with Crippen LogP contribution in [0.1, 0.15) is 44.2 Å². The maximum atomic E-state index is 3.69. The third kappa shape index (κ3) is 4.05. The van der Waals surface area contributed by atoms with Crippen LogP contribution < -0.4 is 5.32 Å². The molecule has 1 fully saturated rings. The normalized spacial score (nSPS) is 24.6. The number of nitrogens with one attached hydrogen (secondary N) is 1. The van der Waals surface area contributed by atoms with Crippen LogP contribution in [-0.4, -0.2) is 30.1 Å². The van der Waals surface area contributed by atoms with Crippen molar-refractivity contribution in [3.63, 3.8) is 0 Å². The number of nitrogens with zero attached hydrogens (tertiary/aromatic N) is 1. The number of aryl methyl sites for hydroxylation is 1. The van der Waals surface area contributed by atoms with Gasteiger partial charge in [0.15, 0.2) is 0 Å². The van der Waals surface area contributed by atoms with Crippen molar-refractivity contribution < 1.29 is 0 Å². The number of rotatable bonds is 5. The van der Waals surface area contributed by atoms with E-state index < -0.39 is 0 Å². The molecule has 0 saturated carbocycles. The standard InChI is InChI=1S/C17H28N2/c1-4-7-17-11-18-16(5-2)13-19(17)12-15-9-6-8-14(3)10-15/h6,8-10,16-18H,4-5,7,11-13H2,1-3H3. The molecule has 0 aromatic heterocycles. The molecular weight excluding hydrogens is 232 g/mol. The van der Waals surface area contributed by atoms with Crippen molar-refractivity contribution in [2.24, 2.45) is 0 Å². The molecule has 2 rings (SSSR count). The summed E-state index contributed by atoms with van der Waals surface area (Å²) in [6, 6.07) is 10.3. The Morgan fingerprint density at radius 1 is 1.32 bits per heavy atom. The van der Waals surface area contributed by atoms with Gasteiger partial charge in [-0.1, -0.05) is 50.1 Å². The molecule has 2 unspecified atom stereocenters. The van der Waals surface area contributed by atoms with E-state index in [4.69, 9.17) is 0 Å². The highest BCUT2D eigenvalue weighted by Crippen LogP contribution is 2.17. The highest BCUT2D eigenvalue weighted by atomic mass is 15.2. The molecule has 2 heteroatoms. The molecule has 0 bridgehead atoms. The summed E-state index contributed by atoms with van der Waals surface area (Å²) in [5.74, 6) is 0. The van der Waals surface area contributed by atoms with Crippen LogP contribution in [0, 0.1) is 6.92 Å². The van der Waals surface area contributed by atoms with Gasteiger partial charge in [0.1, 0.15) is 0 Å². The summed E-state index contributed by atoms with van der Waals surface area (Å²) in [6.45, 7) is 10.2. The lowest BCUT2D eigenvalue weighted by molar-refractivity contribution is 0.113. The third-order valence-electron chi connectivity index (χ3n) is 4.20. The van der Waals surface area contributed by atoms with Crippen molar-refractivity contribution in [1.29, 1.82) is 0 Å². The molecule has 19 heavy (non-hydrogen) atoms. The number of benzene rings is 1. The van der Waals surface area contributed by atoms with Crippen LogP contribution in [0.5, 0.6) is 0 Å². The van der Waals surface area contributed by atoms with Gasteiger partial charge in [-0.15, -0.1) is 0 Å². The Labute approximate surface area is 118 Å². The Morgan fingerprint density at radius 2 is 2.16 bits per heavy atom. The highest BCUT2D eigenvalue weighted by molar-refractivity contribution is 5.22. The fourth-order valence-corrected chi connectivity index (χ4v) is 3.06. The largest absolute Gasteiger partial charge is 0.311 e. The first-order valence-corrected chi connectivity index (χ1v) is 7.76. The average Bonchev–Trinajstić information content (AvgIpc) is 2.41. The van der Waals surface area contributed by atoms with Gasteiger partial charge in [0.05, 0.1) is 0 Å². The maximum Gasteiger partial charge on any atom is 0.0237 e. The van der Waals surface area contributed by atoms with Crippen LogP contribution in [0.25, 0.3) is 0 Å². The molecule has 0 amide bonds. The molecular formula is C17H28N2. The van der Waals surface area contributed by atoms with Crippen LogP contribution in [0.3, 0.4) is 0 Å². The zero-order valence-corrected chi connectivity index (χ0v) is 12.7. The second-order valence-corrected chi connectivity index (χ2v) is 5.87. The zero-order valence-electron chi connectivity index (χ0n) is 12.7. The van der Waals surface area contributed by atoms with E-state index in [-0.39, 0.29) is 0 Å². The molecule has 1 N–H and O–H groups in total. The lowest BCUT2D eigenvalue weighted by Crippen LogP contribution is -2.55. The number of hydrogen-bond acceptors (Lipinski definition) is 2. The summed E-state index contributed by atoms with van der Waals surface area (Å²) in [4.78, 5) is 2.68. The minimum absolute atomic E-state index is 0.665. The summed E-state index contributed by atoms with van der Waals surface area (Å²) in [5, 5.41) is 3.69. The van der Waals surface area contributed by atoms with Gasteiger partial charge in [-0.25, -0.2) is 0 Å².